The molecule has 164 valence electrons. The second kappa shape index (κ2) is 9.05. The third-order valence-electron chi connectivity index (χ3n) is 5.71. The van der Waals surface area contributed by atoms with E-state index in [-0.39, 0.29) is 18.0 Å². The van der Waals surface area contributed by atoms with Gasteiger partial charge in [0.1, 0.15) is 0 Å². The molecule has 5 nitrogen and oxygen atoms in total. The van der Waals surface area contributed by atoms with Crippen LogP contribution in [0.25, 0.3) is 11.1 Å². The highest BCUT2D eigenvalue weighted by Crippen LogP contribution is 2.29. The Hall–Kier alpha value is -3.31. The monoisotopic (exact) mass is 447 g/mol. The van der Waals surface area contributed by atoms with Crippen LogP contribution >= 0.6 is 11.6 Å². The van der Waals surface area contributed by atoms with Gasteiger partial charge in [-0.3, -0.25) is 4.79 Å². The average Bonchev–Trinajstić information content (AvgIpc) is 3.15. The first-order chi connectivity index (χ1) is 15.3. The molecule has 3 amide bonds. The lowest BCUT2D eigenvalue weighted by Gasteiger charge is -2.16. The van der Waals surface area contributed by atoms with Gasteiger partial charge in [0.2, 0.25) is 0 Å². The van der Waals surface area contributed by atoms with Crippen molar-refractivity contribution in [3.8, 4) is 11.1 Å². The number of hydrogen-bond donors (Lipinski definition) is 2. The largest absolute Gasteiger partial charge is 0.335 e. The molecule has 0 radical (unpaired) electrons. The highest BCUT2D eigenvalue weighted by atomic mass is 35.5. The first kappa shape index (κ1) is 21.9. The molecule has 0 saturated carbocycles. The summed E-state index contributed by atoms with van der Waals surface area (Å²) in [4.78, 5) is 26.7. The van der Waals surface area contributed by atoms with E-state index in [1.807, 2.05) is 67.6 Å². The van der Waals surface area contributed by atoms with Gasteiger partial charge in [-0.2, -0.15) is 0 Å². The third-order valence-corrected chi connectivity index (χ3v) is 5.96. The number of urea groups is 1. The molecule has 0 aliphatic heterocycles. The van der Waals surface area contributed by atoms with Crippen molar-refractivity contribution in [1.82, 2.24) is 10.2 Å². The molecule has 1 aliphatic rings. The summed E-state index contributed by atoms with van der Waals surface area (Å²) in [6.45, 7) is 1.97. The summed E-state index contributed by atoms with van der Waals surface area (Å²) >= 11 is 6.03. The summed E-state index contributed by atoms with van der Waals surface area (Å²) < 4.78 is 0. The summed E-state index contributed by atoms with van der Waals surface area (Å²) in [5.41, 5.74) is 6.52. The Labute approximate surface area is 193 Å². The first-order valence-corrected chi connectivity index (χ1v) is 11.0. The summed E-state index contributed by atoms with van der Waals surface area (Å²) in [6.07, 6.45) is 1.54. The van der Waals surface area contributed by atoms with Crippen molar-refractivity contribution in [2.45, 2.75) is 25.8 Å². The molecule has 0 spiro atoms. The fourth-order valence-corrected chi connectivity index (χ4v) is 4.15. The summed E-state index contributed by atoms with van der Waals surface area (Å²) in [5, 5.41) is 6.74. The Balaban J connectivity index is 1.53. The van der Waals surface area contributed by atoms with Gasteiger partial charge in [-0.1, -0.05) is 47.5 Å². The van der Waals surface area contributed by atoms with Crippen molar-refractivity contribution in [3.63, 3.8) is 0 Å². The second-order valence-corrected chi connectivity index (χ2v) is 8.88. The number of amides is 3. The fourth-order valence-electron chi connectivity index (χ4n) is 4.03. The molecule has 4 rings (SSSR count). The van der Waals surface area contributed by atoms with Gasteiger partial charge >= 0.3 is 6.03 Å². The average molecular weight is 448 g/mol. The standard InChI is InChI=1S/C26H26ClN3O2/c1-16-4-11-23(17-5-8-20(27)9-6-17)24(12-16)25(31)28-21-10-7-18-13-22(15-19(18)14-21)29-26(32)30(2)3/h4-12,14,22H,13,15H2,1-3H3,(H,28,31)(H,29,32). The third kappa shape index (κ3) is 4.78. The van der Waals surface area contributed by atoms with Crippen LogP contribution in [0.5, 0.6) is 0 Å². The van der Waals surface area contributed by atoms with Crippen LogP contribution in [0.2, 0.25) is 5.02 Å². The van der Waals surface area contributed by atoms with E-state index in [4.69, 9.17) is 11.6 Å². The highest BCUT2D eigenvalue weighted by Gasteiger charge is 2.24. The fraction of sp³-hybridized carbons (Fsp3) is 0.231. The van der Waals surface area contributed by atoms with E-state index in [0.29, 0.717) is 10.6 Å². The molecular formula is C26H26ClN3O2. The van der Waals surface area contributed by atoms with Crippen LogP contribution in [0.4, 0.5) is 10.5 Å². The topological polar surface area (TPSA) is 61.4 Å². The highest BCUT2D eigenvalue weighted by molar-refractivity contribution is 6.30. The summed E-state index contributed by atoms with van der Waals surface area (Å²) in [5.74, 6) is -0.158. The van der Waals surface area contributed by atoms with Gasteiger partial charge in [-0.15, -0.1) is 0 Å². The number of fused-ring (bicyclic) bond motifs is 1. The van der Waals surface area contributed by atoms with Crippen LogP contribution in [0.15, 0.2) is 60.7 Å². The van der Waals surface area contributed by atoms with Gasteiger partial charge in [0.05, 0.1) is 0 Å². The lowest BCUT2D eigenvalue weighted by Crippen LogP contribution is -2.41. The van der Waals surface area contributed by atoms with Gasteiger partial charge in [-0.05, 0) is 72.4 Å². The molecule has 3 aromatic rings. The number of nitrogens with one attached hydrogen (secondary N) is 2. The van der Waals surface area contributed by atoms with E-state index in [9.17, 15) is 9.59 Å². The van der Waals surface area contributed by atoms with Crippen LogP contribution in [0, 0.1) is 6.92 Å². The molecule has 0 saturated heterocycles. The molecule has 1 aliphatic carbocycles. The molecule has 0 aromatic heterocycles. The lowest BCUT2D eigenvalue weighted by molar-refractivity contribution is 0.102. The number of anilines is 1. The number of aryl methyl sites for hydroxylation is 1. The predicted octanol–water partition coefficient (Wildman–Crippen LogP) is 5.31. The summed E-state index contributed by atoms with van der Waals surface area (Å²) in [6, 6.07) is 19.3. The summed E-state index contributed by atoms with van der Waals surface area (Å²) in [7, 11) is 3.46. The van der Waals surface area contributed by atoms with Crippen molar-refractivity contribution < 1.29 is 9.59 Å². The molecule has 3 aromatic carbocycles. The molecule has 2 N–H and O–H groups in total. The van der Waals surface area contributed by atoms with E-state index in [0.717, 1.165) is 40.8 Å². The molecule has 0 heterocycles. The van der Waals surface area contributed by atoms with E-state index < -0.39 is 0 Å². The van der Waals surface area contributed by atoms with E-state index in [1.165, 1.54) is 10.5 Å². The van der Waals surface area contributed by atoms with Crippen molar-refractivity contribution in [3.05, 3.63) is 87.9 Å². The van der Waals surface area contributed by atoms with Gasteiger partial charge in [0.25, 0.3) is 5.91 Å². The Kier molecular flexibility index (Phi) is 6.19. The van der Waals surface area contributed by atoms with Gasteiger partial charge in [-0.25, -0.2) is 4.79 Å². The van der Waals surface area contributed by atoms with E-state index in [1.54, 1.807) is 14.1 Å². The Morgan fingerprint density at radius 1 is 0.938 bits per heavy atom. The van der Waals surface area contributed by atoms with E-state index in [2.05, 4.69) is 10.6 Å². The molecule has 0 fully saturated rings. The van der Waals surface area contributed by atoms with Crippen LogP contribution < -0.4 is 10.6 Å². The molecule has 1 unspecified atom stereocenters. The maximum Gasteiger partial charge on any atom is 0.317 e. The van der Waals surface area contributed by atoms with Crippen LogP contribution in [0.3, 0.4) is 0 Å². The van der Waals surface area contributed by atoms with E-state index >= 15 is 0 Å². The number of carbonyl (C=O) groups is 2. The number of hydrogen-bond acceptors (Lipinski definition) is 2. The maximum atomic E-state index is 13.2. The number of halogens is 1. The Morgan fingerprint density at radius 3 is 2.38 bits per heavy atom. The normalized spacial score (nSPS) is 14.6. The quantitative estimate of drug-likeness (QED) is 0.569. The molecule has 32 heavy (non-hydrogen) atoms. The SMILES string of the molecule is Cc1ccc(-c2ccc(Cl)cc2)c(C(=O)Nc2ccc3c(c2)CC(NC(=O)N(C)C)C3)c1. The van der Waals surface area contributed by atoms with Crippen molar-refractivity contribution in [1.29, 1.82) is 0 Å². The van der Waals surface area contributed by atoms with Gasteiger partial charge in [0, 0.05) is 36.4 Å². The number of benzene rings is 3. The molecule has 6 heteroatoms. The van der Waals surface area contributed by atoms with Gasteiger partial charge in [0.15, 0.2) is 0 Å². The molecular weight excluding hydrogens is 422 g/mol. The zero-order valence-electron chi connectivity index (χ0n) is 18.4. The molecule has 1 atom stereocenters. The smallest absolute Gasteiger partial charge is 0.317 e. The van der Waals surface area contributed by atoms with Crippen LogP contribution in [-0.4, -0.2) is 37.0 Å². The van der Waals surface area contributed by atoms with Crippen molar-refractivity contribution in [2.75, 3.05) is 19.4 Å². The number of rotatable bonds is 4. The molecule has 0 bridgehead atoms. The first-order valence-electron chi connectivity index (χ1n) is 10.6. The van der Waals surface area contributed by atoms with Crippen LogP contribution in [-0.2, 0) is 12.8 Å². The zero-order valence-corrected chi connectivity index (χ0v) is 19.2. The van der Waals surface area contributed by atoms with Crippen LogP contribution in [0.1, 0.15) is 27.0 Å². The second-order valence-electron chi connectivity index (χ2n) is 8.44. The lowest BCUT2D eigenvalue weighted by atomic mass is 9.97. The predicted molar refractivity (Wildman–Crippen MR) is 129 cm³/mol. The Morgan fingerprint density at radius 2 is 1.66 bits per heavy atom. The number of carbonyl (C=O) groups excluding carboxylic acids is 2. The van der Waals surface area contributed by atoms with Crippen molar-refractivity contribution in [2.24, 2.45) is 0 Å². The minimum atomic E-state index is -0.158. The van der Waals surface area contributed by atoms with Gasteiger partial charge < -0.3 is 15.5 Å². The minimum absolute atomic E-state index is 0.0686. The zero-order chi connectivity index (χ0) is 22.8. The van der Waals surface area contributed by atoms with Crippen molar-refractivity contribution >= 4 is 29.2 Å². The Bertz CT molecular complexity index is 1170. The number of nitrogens with zero attached hydrogens (tertiary/aromatic N) is 1. The minimum Gasteiger partial charge on any atom is -0.335 e. The maximum absolute atomic E-state index is 13.2.